The predicted molar refractivity (Wildman–Crippen MR) is 131 cm³/mol. The van der Waals surface area contributed by atoms with E-state index in [2.05, 4.69) is 19.2 Å². The summed E-state index contributed by atoms with van der Waals surface area (Å²) in [6.07, 6.45) is 1.75. The van der Waals surface area contributed by atoms with Crippen LogP contribution in [0.2, 0.25) is 5.02 Å². The fraction of sp³-hybridized carbons (Fsp3) is 0.480. The van der Waals surface area contributed by atoms with E-state index in [9.17, 15) is 4.79 Å². The number of ether oxygens (including phenoxy) is 2. The number of hydrogen-bond acceptors (Lipinski definition) is 6. The Morgan fingerprint density at radius 2 is 1.94 bits per heavy atom. The van der Waals surface area contributed by atoms with Gasteiger partial charge in [0.15, 0.2) is 5.79 Å². The van der Waals surface area contributed by atoms with Crippen molar-refractivity contribution in [1.82, 2.24) is 14.1 Å². The molecule has 0 bridgehead atoms. The minimum absolute atomic E-state index is 0.0712. The zero-order chi connectivity index (χ0) is 24.0. The second-order valence-electron chi connectivity index (χ2n) is 9.82. The zero-order valence-electron chi connectivity index (χ0n) is 19.9. The van der Waals surface area contributed by atoms with Crippen LogP contribution in [-0.2, 0) is 22.6 Å². The Labute approximate surface area is 203 Å². The number of hydrogen-bond donors (Lipinski definition) is 1. The highest BCUT2D eigenvalue weighted by molar-refractivity contribution is 6.30. The minimum atomic E-state index is -0.594. The predicted octanol–water partition coefficient (Wildman–Crippen LogP) is 3.35. The summed E-state index contributed by atoms with van der Waals surface area (Å²) in [7, 11) is 0. The summed E-state index contributed by atoms with van der Waals surface area (Å²) in [5.74, 6) is 0.552. The van der Waals surface area contributed by atoms with E-state index in [1.807, 2.05) is 44.2 Å². The van der Waals surface area contributed by atoms with Crippen molar-refractivity contribution in [2.45, 2.75) is 58.7 Å². The van der Waals surface area contributed by atoms with Gasteiger partial charge in [0.25, 0.3) is 0 Å². The third-order valence-corrected chi connectivity index (χ3v) is 6.69. The summed E-state index contributed by atoms with van der Waals surface area (Å²) in [6, 6.07) is 9.53. The van der Waals surface area contributed by atoms with Crippen LogP contribution in [0.3, 0.4) is 0 Å². The van der Waals surface area contributed by atoms with Crippen LogP contribution in [0, 0.1) is 5.92 Å². The molecule has 1 aromatic rings. The average molecular weight is 484 g/mol. The summed E-state index contributed by atoms with van der Waals surface area (Å²) < 4.78 is 15.1. The lowest BCUT2D eigenvalue weighted by molar-refractivity contribution is -0.249. The average Bonchev–Trinajstić information content (AvgIpc) is 3.26. The first-order chi connectivity index (χ1) is 16.2. The summed E-state index contributed by atoms with van der Waals surface area (Å²) in [5, 5.41) is 4.88. The lowest BCUT2D eigenvalue weighted by Crippen LogP contribution is -2.41. The van der Waals surface area contributed by atoms with Gasteiger partial charge >= 0.3 is 5.69 Å². The lowest BCUT2D eigenvalue weighted by atomic mass is 10.1. The molecule has 0 aromatic heterocycles. The van der Waals surface area contributed by atoms with E-state index in [0.29, 0.717) is 42.6 Å². The van der Waals surface area contributed by atoms with E-state index < -0.39 is 5.79 Å². The maximum absolute atomic E-state index is 13.6. The summed E-state index contributed by atoms with van der Waals surface area (Å²) in [5.41, 5.74) is 2.41. The molecular formula is C25H30ClN5O3. The molecule has 9 heteroatoms. The Hall–Kier alpha value is -2.68. The number of pyridine rings is 1. The molecular weight excluding hydrogens is 454 g/mol. The number of anilines is 1. The molecule has 0 spiro atoms. The SMILES string of the molecule is CC(C)C1Cn2c(c3ncc(=NC4COC(C)(C)OC4)cc-3n(Cc3ccc(Cl)cc3)c2=O)N1. The molecule has 1 unspecified atom stereocenters. The smallest absolute Gasteiger partial charge is 0.330 e. The van der Waals surface area contributed by atoms with Crippen molar-refractivity contribution in [3.8, 4) is 11.4 Å². The number of rotatable bonds is 4. The zero-order valence-corrected chi connectivity index (χ0v) is 20.7. The number of benzene rings is 1. The molecule has 180 valence electrons. The lowest BCUT2D eigenvalue weighted by Gasteiger charge is -2.33. The van der Waals surface area contributed by atoms with E-state index in [-0.39, 0.29) is 17.8 Å². The van der Waals surface area contributed by atoms with E-state index in [0.717, 1.165) is 22.8 Å². The first-order valence-corrected chi connectivity index (χ1v) is 12.0. The summed E-state index contributed by atoms with van der Waals surface area (Å²) in [6.45, 7) is 10.1. The van der Waals surface area contributed by atoms with Crippen molar-refractivity contribution < 1.29 is 9.47 Å². The van der Waals surface area contributed by atoms with Crippen LogP contribution >= 0.6 is 11.6 Å². The highest BCUT2D eigenvalue weighted by atomic mass is 35.5. The van der Waals surface area contributed by atoms with Gasteiger partial charge in [0.2, 0.25) is 0 Å². The van der Waals surface area contributed by atoms with Gasteiger partial charge in [0, 0.05) is 17.6 Å². The van der Waals surface area contributed by atoms with E-state index in [1.54, 1.807) is 15.3 Å². The van der Waals surface area contributed by atoms with Crippen LogP contribution in [0.25, 0.3) is 11.4 Å². The highest BCUT2D eigenvalue weighted by Gasteiger charge is 2.31. The second kappa shape index (κ2) is 8.83. The Bertz CT molecular complexity index is 1290. The molecule has 4 aliphatic rings. The van der Waals surface area contributed by atoms with Crippen molar-refractivity contribution in [3.05, 3.63) is 63.0 Å². The molecule has 0 radical (unpaired) electrons. The van der Waals surface area contributed by atoms with E-state index >= 15 is 0 Å². The molecule has 1 aromatic carbocycles. The largest absolute Gasteiger partial charge is 0.365 e. The maximum Gasteiger partial charge on any atom is 0.330 e. The third-order valence-electron chi connectivity index (χ3n) is 6.44. The first-order valence-electron chi connectivity index (χ1n) is 11.7. The molecule has 1 atom stereocenters. The molecule has 4 heterocycles. The van der Waals surface area contributed by atoms with Gasteiger partial charge in [-0.05, 0) is 43.5 Å². The van der Waals surface area contributed by atoms with Crippen LogP contribution in [0.5, 0.6) is 0 Å². The standard InChI is InChI=1S/C25H30ClN5O3/c1-15(2)20-12-31-23(29-20)22-21(30(24(31)32)11-16-5-7-17(26)8-6-16)9-18(10-27-22)28-19-13-33-25(3,4)34-14-19/h5-10,15,19-20,29H,11-14H2,1-4H3. The molecule has 1 fully saturated rings. The molecule has 4 aliphatic heterocycles. The van der Waals surface area contributed by atoms with Crippen LogP contribution < -0.4 is 16.4 Å². The fourth-order valence-electron chi connectivity index (χ4n) is 4.38. The quantitative estimate of drug-likeness (QED) is 0.615. The van der Waals surface area contributed by atoms with Gasteiger partial charge in [-0.1, -0.05) is 37.6 Å². The first kappa shape index (κ1) is 23.1. The number of nitrogens with one attached hydrogen (secondary N) is 1. The number of nitrogens with zero attached hydrogens (tertiary/aromatic N) is 4. The van der Waals surface area contributed by atoms with Gasteiger partial charge < -0.3 is 14.8 Å². The van der Waals surface area contributed by atoms with Crippen molar-refractivity contribution in [1.29, 1.82) is 0 Å². The second-order valence-corrected chi connectivity index (χ2v) is 10.3. The maximum atomic E-state index is 13.6. The molecule has 5 rings (SSSR count). The van der Waals surface area contributed by atoms with Gasteiger partial charge in [0.1, 0.15) is 11.5 Å². The normalized spacial score (nSPS) is 20.6. The molecule has 1 saturated heterocycles. The summed E-state index contributed by atoms with van der Waals surface area (Å²) >= 11 is 6.07. The molecule has 0 saturated carbocycles. The minimum Gasteiger partial charge on any atom is -0.365 e. The van der Waals surface area contributed by atoms with Crippen LogP contribution in [-0.4, -0.2) is 45.2 Å². The highest BCUT2D eigenvalue weighted by Crippen LogP contribution is 2.31. The van der Waals surface area contributed by atoms with Crippen molar-refractivity contribution in [2.75, 3.05) is 18.5 Å². The van der Waals surface area contributed by atoms with Gasteiger partial charge in [-0.3, -0.25) is 14.1 Å². The molecule has 0 amide bonds. The Morgan fingerprint density at radius 3 is 2.62 bits per heavy atom. The van der Waals surface area contributed by atoms with Crippen LogP contribution in [0.15, 0.2) is 46.3 Å². The van der Waals surface area contributed by atoms with Gasteiger partial charge in [-0.2, -0.15) is 0 Å². The van der Waals surface area contributed by atoms with Crippen LogP contribution in [0.1, 0.15) is 33.3 Å². The number of halogens is 1. The van der Waals surface area contributed by atoms with Gasteiger partial charge in [0.05, 0.1) is 43.0 Å². The van der Waals surface area contributed by atoms with E-state index in [4.69, 9.17) is 31.1 Å². The number of fused-ring (bicyclic) bond motifs is 3. The topological polar surface area (TPSA) is 82.7 Å². The van der Waals surface area contributed by atoms with Crippen molar-refractivity contribution in [3.63, 3.8) is 0 Å². The van der Waals surface area contributed by atoms with Gasteiger partial charge in [-0.25, -0.2) is 9.78 Å². The fourth-order valence-corrected chi connectivity index (χ4v) is 4.50. The molecule has 0 aliphatic carbocycles. The molecule has 1 N–H and O–H groups in total. The summed E-state index contributed by atoms with van der Waals surface area (Å²) in [4.78, 5) is 23.2. The molecule has 34 heavy (non-hydrogen) atoms. The van der Waals surface area contributed by atoms with Crippen molar-refractivity contribution in [2.24, 2.45) is 10.9 Å². The van der Waals surface area contributed by atoms with Crippen LogP contribution in [0.4, 0.5) is 5.82 Å². The number of aromatic nitrogens is 3. The van der Waals surface area contributed by atoms with Gasteiger partial charge in [-0.15, -0.1) is 0 Å². The van der Waals surface area contributed by atoms with Crippen molar-refractivity contribution >= 4 is 17.4 Å². The Balaban J connectivity index is 1.61. The third kappa shape index (κ3) is 4.50. The molecule has 8 nitrogen and oxygen atoms in total. The van der Waals surface area contributed by atoms with E-state index in [1.165, 1.54) is 0 Å². The Morgan fingerprint density at radius 1 is 1.24 bits per heavy atom. The monoisotopic (exact) mass is 483 g/mol. The Kier molecular flexibility index (Phi) is 6.00.